The van der Waals surface area contributed by atoms with Crippen molar-refractivity contribution in [3.63, 3.8) is 0 Å². The molecular weight excluding hydrogens is 254 g/mol. The average Bonchev–Trinajstić information content (AvgIpc) is 2.75. The number of nitrogens with two attached hydrogens (primary N) is 1. The zero-order valence-electron chi connectivity index (χ0n) is 12.6. The highest BCUT2D eigenvalue weighted by atomic mass is 32.1. The summed E-state index contributed by atoms with van der Waals surface area (Å²) in [6.45, 7) is 9.08. The number of hydrogen-bond donors (Lipinski definition) is 1. The lowest BCUT2D eigenvalue weighted by Crippen LogP contribution is -2.36. The molecule has 1 fully saturated rings. The zero-order valence-corrected chi connectivity index (χ0v) is 13.4. The first-order chi connectivity index (χ1) is 8.87. The van der Waals surface area contributed by atoms with E-state index in [0.29, 0.717) is 11.5 Å². The lowest BCUT2D eigenvalue weighted by molar-refractivity contribution is -0.0725. The van der Waals surface area contributed by atoms with E-state index < -0.39 is 0 Å². The van der Waals surface area contributed by atoms with Crippen molar-refractivity contribution in [2.24, 2.45) is 17.1 Å². The molecule has 0 saturated heterocycles. The predicted molar refractivity (Wildman–Crippen MR) is 82.4 cm³/mol. The average molecular weight is 281 g/mol. The Hall–Kier alpha value is -0.380. The van der Waals surface area contributed by atoms with Crippen LogP contribution in [0.15, 0.2) is 17.5 Å². The molecule has 0 bridgehead atoms. The van der Waals surface area contributed by atoms with Gasteiger partial charge in [-0.15, -0.1) is 11.3 Å². The lowest BCUT2D eigenvalue weighted by atomic mass is 9.71. The monoisotopic (exact) mass is 281 g/mol. The molecule has 4 unspecified atom stereocenters. The molecule has 1 aromatic heterocycles. The van der Waals surface area contributed by atoms with Crippen LogP contribution in [0.2, 0.25) is 0 Å². The minimum Gasteiger partial charge on any atom is -0.368 e. The maximum absolute atomic E-state index is 6.39. The fourth-order valence-electron chi connectivity index (χ4n) is 3.47. The molecule has 4 atom stereocenters. The first-order valence-corrected chi connectivity index (χ1v) is 8.20. The normalized spacial score (nSPS) is 29.9. The van der Waals surface area contributed by atoms with E-state index in [1.165, 1.54) is 11.3 Å². The SMILES string of the molecule is CC1CC(OC(c2cccs2)C(C)N)CC(C)(C)C1. The van der Waals surface area contributed by atoms with Gasteiger partial charge in [0, 0.05) is 10.9 Å². The number of thiophene rings is 1. The molecule has 2 nitrogen and oxygen atoms in total. The van der Waals surface area contributed by atoms with E-state index in [1.807, 2.05) is 6.92 Å². The Kier molecular flexibility index (Phi) is 4.70. The highest BCUT2D eigenvalue weighted by molar-refractivity contribution is 7.10. The standard InChI is InChI=1S/C16H27NOS/c1-11-8-13(10-16(3,4)9-11)18-15(12(2)17)14-6-5-7-19-14/h5-7,11-13,15H,8-10,17H2,1-4H3. The molecule has 1 aromatic rings. The lowest BCUT2D eigenvalue weighted by Gasteiger charge is -2.40. The third-order valence-corrected chi connectivity index (χ3v) is 4.92. The van der Waals surface area contributed by atoms with Gasteiger partial charge >= 0.3 is 0 Å². The van der Waals surface area contributed by atoms with Crippen LogP contribution in [0.1, 0.15) is 57.9 Å². The van der Waals surface area contributed by atoms with Gasteiger partial charge in [0.1, 0.15) is 6.10 Å². The summed E-state index contributed by atoms with van der Waals surface area (Å²) in [6.07, 6.45) is 4.00. The van der Waals surface area contributed by atoms with Gasteiger partial charge in [-0.3, -0.25) is 0 Å². The largest absolute Gasteiger partial charge is 0.368 e. The fourth-order valence-corrected chi connectivity index (χ4v) is 4.35. The third kappa shape index (κ3) is 4.04. The van der Waals surface area contributed by atoms with E-state index in [1.54, 1.807) is 11.3 Å². The molecular formula is C16H27NOS. The van der Waals surface area contributed by atoms with Gasteiger partial charge in [0.25, 0.3) is 0 Å². The molecule has 2 rings (SSSR count). The van der Waals surface area contributed by atoms with Crippen LogP contribution in [0.5, 0.6) is 0 Å². The van der Waals surface area contributed by atoms with Crippen molar-refractivity contribution >= 4 is 11.3 Å². The maximum Gasteiger partial charge on any atom is 0.107 e. The molecule has 1 saturated carbocycles. The Morgan fingerprint density at radius 1 is 1.42 bits per heavy atom. The van der Waals surface area contributed by atoms with E-state index in [9.17, 15) is 0 Å². The van der Waals surface area contributed by atoms with Gasteiger partial charge in [-0.2, -0.15) is 0 Å². The smallest absolute Gasteiger partial charge is 0.107 e. The Labute approximate surface area is 121 Å². The van der Waals surface area contributed by atoms with E-state index in [2.05, 4.69) is 38.3 Å². The number of hydrogen-bond acceptors (Lipinski definition) is 3. The molecule has 0 spiro atoms. The maximum atomic E-state index is 6.39. The van der Waals surface area contributed by atoms with Crippen molar-refractivity contribution in [1.29, 1.82) is 0 Å². The summed E-state index contributed by atoms with van der Waals surface area (Å²) in [4.78, 5) is 1.26. The van der Waals surface area contributed by atoms with Crippen molar-refractivity contribution in [2.45, 2.75) is 65.2 Å². The van der Waals surface area contributed by atoms with E-state index in [0.717, 1.165) is 18.8 Å². The fraction of sp³-hybridized carbons (Fsp3) is 0.750. The molecule has 0 aromatic carbocycles. The topological polar surface area (TPSA) is 35.2 Å². The summed E-state index contributed by atoms with van der Waals surface area (Å²) in [7, 11) is 0. The van der Waals surface area contributed by atoms with Crippen LogP contribution >= 0.6 is 11.3 Å². The second-order valence-corrected chi connectivity index (χ2v) is 7.95. The first kappa shape index (κ1) is 15.0. The molecule has 1 aliphatic rings. The van der Waals surface area contributed by atoms with E-state index in [4.69, 9.17) is 10.5 Å². The van der Waals surface area contributed by atoms with Crippen LogP contribution in [0, 0.1) is 11.3 Å². The Balaban J connectivity index is 2.05. The van der Waals surface area contributed by atoms with Crippen LogP contribution in [-0.4, -0.2) is 12.1 Å². The molecule has 0 aliphatic heterocycles. The predicted octanol–water partition coefficient (Wildman–Crippen LogP) is 4.37. The van der Waals surface area contributed by atoms with Crippen molar-refractivity contribution in [3.8, 4) is 0 Å². The molecule has 108 valence electrons. The van der Waals surface area contributed by atoms with Crippen LogP contribution in [0.4, 0.5) is 0 Å². The van der Waals surface area contributed by atoms with Crippen molar-refractivity contribution < 1.29 is 4.74 Å². The summed E-state index contributed by atoms with van der Waals surface area (Å²) in [5, 5.41) is 2.10. The summed E-state index contributed by atoms with van der Waals surface area (Å²) in [5.41, 5.74) is 6.52. The van der Waals surface area contributed by atoms with Crippen LogP contribution in [0.3, 0.4) is 0 Å². The molecule has 19 heavy (non-hydrogen) atoms. The summed E-state index contributed by atoms with van der Waals surface area (Å²) >= 11 is 1.74. The Bertz CT molecular complexity index is 385. The first-order valence-electron chi connectivity index (χ1n) is 7.32. The second-order valence-electron chi connectivity index (χ2n) is 6.97. The van der Waals surface area contributed by atoms with Gasteiger partial charge in [0.2, 0.25) is 0 Å². The third-order valence-electron chi connectivity index (χ3n) is 3.99. The number of rotatable bonds is 4. The highest BCUT2D eigenvalue weighted by Gasteiger charge is 2.34. The van der Waals surface area contributed by atoms with Crippen LogP contribution in [0.25, 0.3) is 0 Å². The Morgan fingerprint density at radius 2 is 2.16 bits per heavy atom. The molecule has 1 heterocycles. The summed E-state index contributed by atoms with van der Waals surface area (Å²) in [6, 6.07) is 4.25. The second kappa shape index (κ2) is 5.94. The molecule has 0 amide bonds. The molecule has 3 heteroatoms. The van der Waals surface area contributed by atoms with Crippen molar-refractivity contribution in [3.05, 3.63) is 22.4 Å². The van der Waals surface area contributed by atoms with Crippen LogP contribution < -0.4 is 5.73 Å². The van der Waals surface area contributed by atoms with E-state index in [-0.39, 0.29) is 12.1 Å². The van der Waals surface area contributed by atoms with Gasteiger partial charge in [-0.25, -0.2) is 0 Å². The Morgan fingerprint density at radius 3 is 2.68 bits per heavy atom. The molecule has 2 N–H and O–H groups in total. The minimum atomic E-state index is 0.0407. The van der Waals surface area contributed by atoms with Crippen molar-refractivity contribution in [1.82, 2.24) is 0 Å². The summed E-state index contributed by atoms with van der Waals surface area (Å²) < 4.78 is 6.39. The summed E-state index contributed by atoms with van der Waals surface area (Å²) in [5.74, 6) is 0.741. The van der Waals surface area contributed by atoms with Gasteiger partial charge in [0.15, 0.2) is 0 Å². The van der Waals surface area contributed by atoms with Gasteiger partial charge in [0.05, 0.1) is 6.10 Å². The van der Waals surface area contributed by atoms with Gasteiger partial charge in [-0.1, -0.05) is 26.8 Å². The minimum absolute atomic E-state index is 0.0407. The highest BCUT2D eigenvalue weighted by Crippen LogP contribution is 2.41. The van der Waals surface area contributed by atoms with Crippen molar-refractivity contribution in [2.75, 3.05) is 0 Å². The van der Waals surface area contributed by atoms with E-state index >= 15 is 0 Å². The molecule has 1 aliphatic carbocycles. The quantitative estimate of drug-likeness (QED) is 0.889. The zero-order chi connectivity index (χ0) is 14.0. The van der Waals surface area contributed by atoms with Gasteiger partial charge < -0.3 is 10.5 Å². The number of ether oxygens (including phenoxy) is 1. The molecule has 0 radical (unpaired) electrons. The van der Waals surface area contributed by atoms with Crippen LogP contribution in [-0.2, 0) is 4.74 Å². The van der Waals surface area contributed by atoms with Gasteiger partial charge in [-0.05, 0) is 49.0 Å².